The predicted molar refractivity (Wildman–Crippen MR) is 106 cm³/mol. The minimum Gasteiger partial charge on any atom is -0.411 e. The average Bonchev–Trinajstić information content (AvgIpc) is 2.43. The van der Waals surface area contributed by atoms with E-state index in [1.165, 1.54) is 0 Å². The first-order valence-electron chi connectivity index (χ1n) is 7.57. The molecule has 0 saturated heterocycles. The van der Waals surface area contributed by atoms with Gasteiger partial charge < -0.3 is 26.2 Å². The Balaban J connectivity index is 0. The summed E-state index contributed by atoms with van der Waals surface area (Å²) in [7, 11) is -1.82. The number of hydrogen-bond acceptors (Lipinski definition) is 2. The molecule has 2 aromatic rings. The Morgan fingerprint density at radius 2 is 1.67 bits per heavy atom. The summed E-state index contributed by atoms with van der Waals surface area (Å²) in [5.41, 5.74) is 2.01. The zero-order chi connectivity index (χ0) is 15.7. The molecule has 0 aliphatic heterocycles. The summed E-state index contributed by atoms with van der Waals surface area (Å²) >= 11 is 0. The number of fused-ring (bicyclic) bond motifs is 1. The Hall–Kier alpha value is -0.544. The number of para-hydroxylation sites is 1. The zero-order valence-electron chi connectivity index (χ0n) is 16.1. The van der Waals surface area contributed by atoms with E-state index < -0.39 is 8.32 Å². The van der Waals surface area contributed by atoms with Crippen LogP contribution in [0.2, 0.25) is 18.1 Å². The Morgan fingerprint density at radius 3 is 2.21 bits per heavy atom. The van der Waals surface area contributed by atoms with E-state index in [0.29, 0.717) is 6.42 Å². The molecular formula is C20H32IrNOSi. The Morgan fingerprint density at radius 1 is 1.08 bits per heavy atom. The van der Waals surface area contributed by atoms with E-state index in [1.54, 1.807) is 0 Å². The van der Waals surface area contributed by atoms with Gasteiger partial charge in [0.2, 0.25) is 0 Å². The first-order valence-corrected chi connectivity index (χ1v) is 10.5. The molecule has 0 bridgehead atoms. The summed E-state index contributed by atoms with van der Waals surface area (Å²) in [6.07, 6.45) is 0.688. The molecule has 4 heteroatoms. The topological polar surface area (TPSA) is 22.1 Å². The molecule has 0 unspecified atom stereocenters. The molecule has 0 spiro atoms. The van der Waals surface area contributed by atoms with Gasteiger partial charge in [-0.15, -0.1) is 0 Å². The van der Waals surface area contributed by atoms with E-state index in [2.05, 4.69) is 59.0 Å². The van der Waals surface area contributed by atoms with Crippen LogP contribution in [0.15, 0.2) is 36.4 Å². The monoisotopic (exact) mass is 523 g/mol. The molecule has 0 fully saturated rings. The van der Waals surface area contributed by atoms with Gasteiger partial charge in [0.05, 0.1) is 17.3 Å². The maximum Gasteiger partial charge on any atom is 3.00 e. The van der Waals surface area contributed by atoms with Crippen molar-refractivity contribution in [3.05, 3.63) is 63.9 Å². The standard InChI is InChI=1S/C18H26NOSi.2CH3.Ir/c1-7-17(20-21(5,6)18(2,3)4)16-13-12-14-10-8-9-11-15(14)19-16;;;/h8-13,17H,1,7H2,2-6H3;2*1H3;/q3*-1;+3/t17-;;;/m0.../s1. The fourth-order valence-electron chi connectivity index (χ4n) is 2.06. The summed E-state index contributed by atoms with van der Waals surface area (Å²) in [4.78, 5) is 4.77. The SMILES string of the molecule is [CH2-]C[C@H](O[Si](C)(C)C(C)(C)C)c1ccc2ccccc2n1.[CH3-].[CH3-].[Ir+3]. The molecule has 136 valence electrons. The van der Waals surface area contributed by atoms with Crippen molar-refractivity contribution in [2.45, 2.75) is 51.4 Å². The van der Waals surface area contributed by atoms with E-state index in [0.717, 1.165) is 16.6 Å². The molecule has 1 atom stereocenters. The van der Waals surface area contributed by atoms with Crippen molar-refractivity contribution >= 4 is 19.2 Å². The first kappa shape index (κ1) is 25.7. The van der Waals surface area contributed by atoms with Gasteiger partial charge in [0.25, 0.3) is 0 Å². The second-order valence-electron chi connectivity index (χ2n) is 7.08. The molecule has 0 saturated carbocycles. The van der Waals surface area contributed by atoms with Crippen LogP contribution in [-0.2, 0) is 24.5 Å². The van der Waals surface area contributed by atoms with Gasteiger partial charge in [0, 0.05) is 5.39 Å². The molecule has 0 amide bonds. The predicted octanol–water partition coefficient (Wildman–Crippen LogP) is 6.42. The maximum atomic E-state index is 6.50. The number of nitrogens with zero attached hydrogens (tertiary/aromatic N) is 1. The second kappa shape index (κ2) is 9.81. The number of rotatable bonds is 4. The van der Waals surface area contributed by atoms with Crippen LogP contribution < -0.4 is 0 Å². The molecule has 1 aromatic heterocycles. The fourth-order valence-corrected chi connectivity index (χ4v) is 3.36. The van der Waals surface area contributed by atoms with Crippen molar-refractivity contribution in [1.82, 2.24) is 4.98 Å². The number of benzene rings is 1. The van der Waals surface area contributed by atoms with Crippen LogP contribution in [0.4, 0.5) is 0 Å². The van der Waals surface area contributed by atoms with Gasteiger partial charge >= 0.3 is 20.1 Å². The Bertz CT molecular complexity index is 622. The molecule has 1 heterocycles. The Labute approximate surface area is 163 Å². The summed E-state index contributed by atoms with van der Waals surface area (Å²) in [5, 5.41) is 1.36. The van der Waals surface area contributed by atoms with E-state index in [1.807, 2.05) is 18.2 Å². The summed E-state index contributed by atoms with van der Waals surface area (Å²) in [6.45, 7) is 15.4. The van der Waals surface area contributed by atoms with Crippen molar-refractivity contribution in [2.24, 2.45) is 0 Å². The summed E-state index contributed by atoms with van der Waals surface area (Å²) in [6, 6.07) is 12.4. The van der Waals surface area contributed by atoms with Crippen molar-refractivity contribution in [1.29, 1.82) is 0 Å². The number of hydrogen-bond donors (Lipinski definition) is 0. The van der Waals surface area contributed by atoms with E-state index >= 15 is 0 Å². The molecule has 1 aromatic carbocycles. The van der Waals surface area contributed by atoms with E-state index in [-0.39, 0.29) is 46.1 Å². The van der Waals surface area contributed by atoms with Crippen LogP contribution in [0.3, 0.4) is 0 Å². The smallest absolute Gasteiger partial charge is 0.411 e. The number of pyridine rings is 1. The van der Waals surface area contributed by atoms with Gasteiger partial charge in [-0.1, -0.05) is 45.0 Å². The van der Waals surface area contributed by atoms with Gasteiger partial charge in [-0.05, 0) is 30.3 Å². The number of aromatic nitrogens is 1. The van der Waals surface area contributed by atoms with Gasteiger partial charge in [-0.25, -0.2) is 0 Å². The van der Waals surface area contributed by atoms with Crippen LogP contribution in [-0.4, -0.2) is 13.3 Å². The third-order valence-electron chi connectivity index (χ3n) is 4.46. The normalized spacial score (nSPS) is 12.6. The molecule has 0 radical (unpaired) electrons. The molecule has 0 aliphatic rings. The van der Waals surface area contributed by atoms with Crippen LogP contribution >= 0.6 is 0 Å². The molecule has 24 heavy (non-hydrogen) atoms. The van der Waals surface area contributed by atoms with Crippen molar-refractivity contribution in [3.8, 4) is 0 Å². The van der Waals surface area contributed by atoms with Gasteiger partial charge in [-0.2, -0.15) is 6.42 Å². The maximum absolute atomic E-state index is 6.50. The third kappa shape index (κ3) is 5.77. The molecule has 0 aliphatic carbocycles. The first-order chi connectivity index (χ1) is 9.74. The molecule has 2 nitrogen and oxygen atoms in total. The quantitative estimate of drug-likeness (QED) is 0.341. The van der Waals surface area contributed by atoms with Gasteiger partial charge in [0.1, 0.15) is 0 Å². The van der Waals surface area contributed by atoms with Crippen LogP contribution in [0.5, 0.6) is 0 Å². The molecular weight excluding hydrogens is 491 g/mol. The van der Waals surface area contributed by atoms with Crippen LogP contribution in [0.1, 0.15) is 39.0 Å². The van der Waals surface area contributed by atoms with Crippen molar-refractivity contribution in [3.63, 3.8) is 0 Å². The zero-order valence-corrected chi connectivity index (χ0v) is 19.5. The Kier molecular flexibility index (Phi) is 10.5. The van der Waals surface area contributed by atoms with E-state index in [9.17, 15) is 0 Å². The van der Waals surface area contributed by atoms with E-state index in [4.69, 9.17) is 9.41 Å². The third-order valence-corrected chi connectivity index (χ3v) is 8.94. The summed E-state index contributed by atoms with van der Waals surface area (Å²) in [5.74, 6) is 0. The van der Waals surface area contributed by atoms with Crippen molar-refractivity contribution < 1.29 is 24.5 Å². The molecule has 2 rings (SSSR count). The van der Waals surface area contributed by atoms with Gasteiger partial charge in [0.15, 0.2) is 8.32 Å². The second-order valence-corrected chi connectivity index (χ2v) is 11.8. The largest absolute Gasteiger partial charge is 3.00 e. The molecule has 0 N–H and O–H groups in total. The van der Waals surface area contributed by atoms with Crippen LogP contribution in [0.25, 0.3) is 10.9 Å². The summed E-state index contributed by atoms with van der Waals surface area (Å²) < 4.78 is 6.50. The van der Waals surface area contributed by atoms with Crippen molar-refractivity contribution in [2.75, 3.05) is 0 Å². The van der Waals surface area contributed by atoms with Crippen LogP contribution in [0, 0.1) is 21.8 Å². The minimum absolute atomic E-state index is 0. The minimum atomic E-state index is -1.82. The fraction of sp³-hybridized carbons (Fsp3) is 0.400. The average molecular weight is 523 g/mol. The van der Waals surface area contributed by atoms with Gasteiger partial charge in [-0.3, -0.25) is 4.98 Å².